The van der Waals surface area contributed by atoms with Crippen LogP contribution in [0.1, 0.15) is 76.3 Å². The van der Waals surface area contributed by atoms with Crippen molar-refractivity contribution in [1.29, 1.82) is 0 Å². The summed E-state index contributed by atoms with van der Waals surface area (Å²) in [4.78, 5) is 0. The molecule has 0 unspecified atom stereocenters. The van der Waals surface area contributed by atoms with Crippen molar-refractivity contribution in [2.24, 2.45) is 0 Å². The molecule has 0 aliphatic heterocycles. The third-order valence-electron chi connectivity index (χ3n) is 3.83. The molecule has 1 aromatic carbocycles. The van der Waals surface area contributed by atoms with Gasteiger partial charge in [0, 0.05) is 0 Å². The number of unbranched alkanes of at least 4 members (excludes halogenated alkanes) is 6. The van der Waals surface area contributed by atoms with Crippen LogP contribution in [0.4, 0.5) is 0 Å². The zero-order valence-electron chi connectivity index (χ0n) is 12.8. The fourth-order valence-electron chi connectivity index (χ4n) is 2.61. The highest BCUT2D eigenvalue weighted by molar-refractivity contribution is 5.39. The Bertz CT molecular complexity index is 344. The molecule has 1 N–H and O–H groups in total. The summed E-state index contributed by atoms with van der Waals surface area (Å²) in [6.07, 6.45) is 12.4. The molecule has 1 nitrogen and oxygen atoms in total. The van der Waals surface area contributed by atoms with Gasteiger partial charge in [0.05, 0.1) is 0 Å². The first-order chi connectivity index (χ1) is 9.29. The van der Waals surface area contributed by atoms with E-state index >= 15 is 0 Å². The van der Waals surface area contributed by atoms with Crippen molar-refractivity contribution < 1.29 is 5.11 Å². The van der Waals surface area contributed by atoms with Gasteiger partial charge in [-0.15, -0.1) is 0 Å². The number of rotatable bonds is 10. The van der Waals surface area contributed by atoms with E-state index in [9.17, 15) is 5.11 Å². The smallest absolute Gasteiger partial charge is 0.119 e. The van der Waals surface area contributed by atoms with Gasteiger partial charge in [0.15, 0.2) is 0 Å². The predicted molar refractivity (Wildman–Crippen MR) is 83.8 cm³/mol. The van der Waals surface area contributed by atoms with E-state index in [0.29, 0.717) is 5.75 Å². The first-order valence-corrected chi connectivity index (χ1v) is 8.09. The van der Waals surface area contributed by atoms with Crippen molar-refractivity contribution in [2.45, 2.75) is 78.1 Å². The Morgan fingerprint density at radius 2 is 1.42 bits per heavy atom. The van der Waals surface area contributed by atoms with Crippen LogP contribution in [0.3, 0.4) is 0 Å². The molecule has 1 heteroatoms. The van der Waals surface area contributed by atoms with Crippen molar-refractivity contribution in [1.82, 2.24) is 0 Å². The van der Waals surface area contributed by atoms with E-state index in [0.717, 1.165) is 12.8 Å². The Balaban J connectivity index is 2.51. The number of aryl methyl sites for hydroxylation is 1. The molecule has 0 aliphatic carbocycles. The molecular formula is C18H30O. The zero-order chi connectivity index (χ0) is 13.9. The highest BCUT2D eigenvalue weighted by Crippen LogP contribution is 2.25. The molecular weight excluding hydrogens is 232 g/mol. The molecule has 0 heterocycles. The van der Waals surface area contributed by atoms with Gasteiger partial charge in [-0.3, -0.25) is 0 Å². The molecule has 0 saturated heterocycles. The largest absolute Gasteiger partial charge is 0.508 e. The van der Waals surface area contributed by atoms with E-state index < -0.39 is 0 Å². The lowest BCUT2D eigenvalue weighted by Gasteiger charge is -2.11. The third-order valence-corrected chi connectivity index (χ3v) is 3.83. The molecule has 0 spiro atoms. The van der Waals surface area contributed by atoms with Crippen LogP contribution in [0, 0.1) is 0 Å². The maximum atomic E-state index is 10.1. The summed E-state index contributed by atoms with van der Waals surface area (Å²) in [5.41, 5.74) is 2.57. The Morgan fingerprint density at radius 3 is 2.05 bits per heavy atom. The maximum Gasteiger partial charge on any atom is 0.119 e. The van der Waals surface area contributed by atoms with Crippen molar-refractivity contribution >= 4 is 0 Å². The molecule has 0 aromatic heterocycles. The first-order valence-electron chi connectivity index (χ1n) is 8.09. The molecule has 1 rings (SSSR count). The average Bonchev–Trinajstić information content (AvgIpc) is 2.42. The van der Waals surface area contributed by atoms with Crippen LogP contribution in [0.5, 0.6) is 5.75 Å². The summed E-state index contributed by atoms with van der Waals surface area (Å²) in [5, 5.41) is 10.1. The second-order valence-electron chi connectivity index (χ2n) is 5.54. The summed E-state index contributed by atoms with van der Waals surface area (Å²) in [7, 11) is 0. The van der Waals surface area contributed by atoms with Gasteiger partial charge in [-0.25, -0.2) is 0 Å². The fourth-order valence-corrected chi connectivity index (χ4v) is 2.61. The highest BCUT2D eigenvalue weighted by Gasteiger charge is 2.07. The van der Waals surface area contributed by atoms with Crippen molar-refractivity contribution in [3.05, 3.63) is 29.3 Å². The lowest BCUT2D eigenvalue weighted by Crippen LogP contribution is -1.96. The third kappa shape index (κ3) is 6.13. The van der Waals surface area contributed by atoms with Gasteiger partial charge in [-0.2, -0.15) is 0 Å². The van der Waals surface area contributed by atoms with Crippen LogP contribution < -0.4 is 0 Å². The molecule has 1 aromatic rings. The van der Waals surface area contributed by atoms with Crippen LogP contribution in [-0.4, -0.2) is 5.11 Å². The molecule has 0 radical (unpaired) electrons. The van der Waals surface area contributed by atoms with E-state index in [2.05, 4.69) is 19.9 Å². The lowest BCUT2D eigenvalue weighted by atomic mass is 9.96. The predicted octanol–water partition coefficient (Wildman–Crippen LogP) is 5.64. The summed E-state index contributed by atoms with van der Waals surface area (Å²) in [6, 6.07) is 6.02. The minimum Gasteiger partial charge on any atom is -0.508 e. The summed E-state index contributed by atoms with van der Waals surface area (Å²) < 4.78 is 0. The molecule has 0 fully saturated rings. The Kier molecular flexibility index (Phi) is 8.36. The van der Waals surface area contributed by atoms with Gasteiger partial charge >= 0.3 is 0 Å². The van der Waals surface area contributed by atoms with Crippen LogP contribution in [-0.2, 0) is 12.8 Å². The molecule has 0 saturated carbocycles. The maximum absolute atomic E-state index is 10.1. The minimum atomic E-state index is 0.504. The fraction of sp³-hybridized carbons (Fsp3) is 0.667. The van der Waals surface area contributed by atoms with E-state index in [4.69, 9.17) is 0 Å². The lowest BCUT2D eigenvalue weighted by molar-refractivity contribution is 0.464. The normalized spacial score (nSPS) is 10.8. The van der Waals surface area contributed by atoms with E-state index in [1.807, 2.05) is 12.1 Å². The summed E-state index contributed by atoms with van der Waals surface area (Å²) in [5.74, 6) is 0.504. The average molecular weight is 262 g/mol. The summed E-state index contributed by atoms with van der Waals surface area (Å²) >= 11 is 0. The number of aromatic hydroxyl groups is 1. The highest BCUT2D eigenvalue weighted by atomic mass is 16.3. The molecule has 0 atom stereocenters. The SMILES string of the molecule is CCCCCCc1cccc(O)c1CCCCCC. The monoisotopic (exact) mass is 262 g/mol. The van der Waals surface area contributed by atoms with Crippen LogP contribution in [0.15, 0.2) is 18.2 Å². The van der Waals surface area contributed by atoms with Gasteiger partial charge in [0.2, 0.25) is 0 Å². The number of benzene rings is 1. The van der Waals surface area contributed by atoms with Crippen molar-refractivity contribution in [3.8, 4) is 5.75 Å². The van der Waals surface area contributed by atoms with Gasteiger partial charge in [0.1, 0.15) is 5.75 Å². The van der Waals surface area contributed by atoms with E-state index in [1.54, 1.807) is 0 Å². The van der Waals surface area contributed by atoms with Gasteiger partial charge < -0.3 is 5.11 Å². The Labute approximate surface area is 119 Å². The number of phenolic OH excluding ortho intramolecular Hbond substituents is 1. The summed E-state index contributed by atoms with van der Waals surface area (Å²) in [6.45, 7) is 4.48. The molecule has 19 heavy (non-hydrogen) atoms. The van der Waals surface area contributed by atoms with Gasteiger partial charge in [-0.05, 0) is 42.9 Å². The van der Waals surface area contributed by atoms with E-state index in [-0.39, 0.29) is 0 Å². The van der Waals surface area contributed by atoms with Crippen molar-refractivity contribution in [3.63, 3.8) is 0 Å². The first kappa shape index (κ1) is 16.1. The van der Waals surface area contributed by atoms with Crippen LogP contribution in [0.2, 0.25) is 0 Å². The zero-order valence-corrected chi connectivity index (χ0v) is 12.8. The van der Waals surface area contributed by atoms with Crippen LogP contribution >= 0.6 is 0 Å². The van der Waals surface area contributed by atoms with Gasteiger partial charge in [-0.1, -0.05) is 64.5 Å². The number of hydrogen-bond donors (Lipinski definition) is 1. The topological polar surface area (TPSA) is 20.2 Å². The minimum absolute atomic E-state index is 0.504. The Hall–Kier alpha value is -0.980. The quantitative estimate of drug-likeness (QED) is 0.541. The number of phenols is 1. The second kappa shape index (κ2) is 9.89. The van der Waals surface area contributed by atoms with E-state index in [1.165, 1.54) is 62.5 Å². The number of hydrogen-bond acceptors (Lipinski definition) is 1. The van der Waals surface area contributed by atoms with Crippen molar-refractivity contribution in [2.75, 3.05) is 0 Å². The second-order valence-corrected chi connectivity index (χ2v) is 5.54. The standard InChI is InChI=1S/C18H30O/c1-3-5-7-9-12-16-13-11-15-18(19)17(16)14-10-8-6-4-2/h11,13,15,19H,3-10,12,14H2,1-2H3. The molecule has 0 aliphatic rings. The Morgan fingerprint density at radius 1 is 0.789 bits per heavy atom. The molecule has 0 bridgehead atoms. The molecule has 0 amide bonds. The molecule has 108 valence electrons. The van der Waals surface area contributed by atoms with Crippen LogP contribution in [0.25, 0.3) is 0 Å². The van der Waals surface area contributed by atoms with Gasteiger partial charge in [0.25, 0.3) is 0 Å².